The van der Waals surface area contributed by atoms with Gasteiger partial charge in [-0.1, -0.05) is 50.0 Å². The van der Waals surface area contributed by atoms with Crippen molar-refractivity contribution in [2.75, 3.05) is 0 Å². The number of rotatable bonds is 1. The molecule has 0 aromatic rings. The fraction of sp³-hybridized carbons (Fsp3) is 0.632. The van der Waals surface area contributed by atoms with E-state index >= 15 is 0 Å². The zero-order chi connectivity index (χ0) is 13.9. The molecule has 0 amide bonds. The van der Waals surface area contributed by atoms with Gasteiger partial charge in [0.1, 0.15) is 0 Å². The van der Waals surface area contributed by atoms with Gasteiger partial charge in [0.15, 0.2) is 0 Å². The maximum Gasteiger partial charge on any atom is 0.0435 e. The van der Waals surface area contributed by atoms with E-state index in [1.54, 1.807) is 0 Å². The fourth-order valence-electron chi connectivity index (χ4n) is 2.97. The first-order valence-corrected chi connectivity index (χ1v) is 8.54. The van der Waals surface area contributed by atoms with Crippen LogP contribution in [0.3, 0.4) is 0 Å². The molecular formula is C19H29N. The van der Waals surface area contributed by atoms with E-state index in [1.165, 1.54) is 81.9 Å². The van der Waals surface area contributed by atoms with Crippen LogP contribution < -0.4 is 0 Å². The summed E-state index contributed by atoms with van der Waals surface area (Å²) < 4.78 is 0. The predicted molar refractivity (Wildman–Crippen MR) is 89.2 cm³/mol. The summed E-state index contributed by atoms with van der Waals surface area (Å²) in [5, 5.41) is 0. The average Bonchev–Trinajstić information content (AvgIpc) is 2.50. The summed E-state index contributed by atoms with van der Waals surface area (Å²) in [5.41, 5.74) is 2.82. The Labute approximate surface area is 124 Å². The third kappa shape index (κ3) is 5.90. The summed E-state index contributed by atoms with van der Waals surface area (Å²) in [4.78, 5) is 4.77. The molecule has 20 heavy (non-hydrogen) atoms. The molecule has 1 nitrogen and oxygen atoms in total. The van der Waals surface area contributed by atoms with Crippen molar-refractivity contribution in [1.82, 2.24) is 0 Å². The molecule has 2 rings (SSSR count). The summed E-state index contributed by atoms with van der Waals surface area (Å²) in [6, 6.07) is 0. The lowest BCUT2D eigenvalue weighted by atomic mass is 9.96. The minimum atomic E-state index is 1.16. The van der Waals surface area contributed by atoms with Gasteiger partial charge in [0.25, 0.3) is 0 Å². The number of allylic oxidation sites excluding steroid dienone is 5. The van der Waals surface area contributed by atoms with Gasteiger partial charge < -0.3 is 0 Å². The van der Waals surface area contributed by atoms with E-state index in [4.69, 9.17) is 4.99 Å². The SMILES string of the molecule is C1=C/CCCCCCC(/C2=N/C=C\CCCCCC2)=C\1. The first kappa shape index (κ1) is 15.3. The second kappa shape index (κ2) is 9.74. The Kier molecular flexibility index (Phi) is 7.44. The van der Waals surface area contributed by atoms with Gasteiger partial charge in [0.2, 0.25) is 0 Å². The molecule has 0 atom stereocenters. The molecule has 1 heteroatoms. The highest BCUT2D eigenvalue weighted by atomic mass is 14.7. The smallest absolute Gasteiger partial charge is 0.0435 e. The summed E-state index contributed by atoms with van der Waals surface area (Å²) in [5.74, 6) is 0. The molecule has 1 aliphatic heterocycles. The van der Waals surface area contributed by atoms with Crippen LogP contribution in [0.25, 0.3) is 0 Å². The first-order valence-electron chi connectivity index (χ1n) is 8.54. The second-order valence-corrected chi connectivity index (χ2v) is 5.99. The van der Waals surface area contributed by atoms with Gasteiger partial charge in [-0.15, -0.1) is 0 Å². The highest BCUT2D eigenvalue weighted by Gasteiger charge is 2.07. The Hall–Kier alpha value is -1.11. The van der Waals surface area contributed by atoms with E-state index in [0.717, 1.165) is 6.42 Å². The molecule has 0 saturated carbocycles. The van der Waals surface area contributed by atoms with Gasteiger partial charge >= 0.3 is 0 Å². The molecule has 0 unspecified atom stereocenters. The highest BCUT2D eigenvalue weighted by molar-refractivity contribution is 6.00. The summed E-state index contributed by atoms with van der Waals surface area (Å²) in [7, 11) is 0. The monoisotopic (exact) mass is 271 g/mol. The van der Waals surface area contributed by atoms with Crippen LogP contribution in [0.1, 0.15) is 77.0 Å². The Morgan fingerprint density at radius 3 is 2.25 bits per heavy atom. The van der Waals surface area contributed by atoms with Crippen LogP contribution in [-0.2, 0) is 0 Å². The van der Waals surface area contributed by atoms with E-state index in [2.05, 4.69) is 24.3 Å². The van der Waals surface area contributed by atoms with E-state index in [-0.39, 0.29) is 0 Å². The van der Waals surface area contributed by atoms with Crippen LogP contribution >= 0.6 is 0 Å². The van der Waals surface area contributed by atoms with Crippen LogP contribution in [0.15, 0.2) is 41.1 Å². The van der Waals surface area contributed by atoms with Gasteiger partial charge in [-0.05, 0) is 56.9 Å². The van der Waals surface area contributed by atoms with Crippen molar-refractivity contribution < 1.29 is 0 Å². The quantitative estimate of drug-likeness (QED) is 0.544. The number of hydrogen-bond donors (Lipinski definition) is 0. The van der Waals surface area contributed by atoms with Crippen molar-refractivity contribution in [3.05, 3.63) is 36.1 Å². The molecule has 1 heterocycles. The Morgan fingerprint density at radius 1 is 0.700 bits per heavy atom. The number of aliphatic imine (C=N–C) groups is 1. The molecule has 0 N–H and O–H groups in total. The van der Waals surface area contributed by atoms with Gasteiger partial charge in [-0.2, -0.15) is 0 Å². The van der Waals surface area contributed by atoms with Crippen molar-refractivity contribution in [1.29, 1.82) is 0 Å². The van der Waals surface area contributed by atoms with Gasteiger partial charge in [0.05, 0.1) is 0 Å². The van der Waals surface area contributed by atoms with Crippen LogP contribution in [0.4, 0.5) is 0 Å². The number of nitrogens with zero attached hydrogens (tertiary/aromatic N) is 1. The molecule has 0 spiro atoms. The molecular weight excluding hydrogens is 242 g/mol. The Bertz CT molecular complexity index is 347. The third-order valence-electron chi connectivity index (χ3n) is 4.24. The van der Waals surface area contributed by atoms with Crippen molar-refractivity contribution in [3.8, 4) is 0 Å². The largest absolute Gasteiger partial charge is 0.261 e. The standard InChI is InChI=1S/C19H29N/c1-2-6-10-14-18(15-11-7-3-1)19-16-12-8-4-5-9-13-17-20-19/h6,10,13-14,17H,1-5,7-9,11-12,15-16H2/b10-6-,17-13-,18-14+,20-19+. The Balaban J connectivity index is 2.09. The molecule has 0 aromatic carbocycles. The van der Waals surface area contributed by atoms with E-state index in [0.29, 0.717) is 0 Å². The van der Waals surface area contributed by atoms with Crippen LogP contribution in [0, 0.1) is 0 Å². The molecule has 0 saturated heterocycles. The summed E-state index contributed by atoms with van der Waals surface area (Å²) in [6.45, 7) is 0. The van der Waals surface area contributed by atoms with Crippen molar-refractivity contribution in [2.24, 2.45) is 4.99 Å². The molecule has 1 aliphatic carbocycles. The molecule has 0 bridgehead atoms. The molecule has 2 aliphatic rings. The zero-order valence-electron chi connectivity index (χ0n) is 12.8. The Morgan fingerprint density at radius 2 is 1.40 bits per heavy atom. The van der Waals surface area contributed by atoms with Gasteiger partial charge in [-0.25, -0.2) is 0 Å². The average molecular weight is 271 g/mol. The van der Waals surface area contributed by atoms with Gasteiger partial charge in [-0.3, -0.25) is 4.99 Å². The van der Waals surface area contributed by atoms with Crippen LogP contribution in [-0.4, -0.2) is 5.71 Å². The molecule has 0 aromatic heterocycles. The molecule has 110 valence electrons. The van der Waals surface area contributed by atoms with Crippen LogP contribution in [0.5, 0.6) is 0 Å². The second-order valence-electron chi connectivity index (χ2n) is 5.99. The zero-order valence-corrected chi connectivity index (χ0v) is 12.8. The van der Waals surface area contributed by atoms with Gasteiger partial charge in [0, 0.05) is 11.9 Å². The summed E-state index contributed by atoms with van der Waals surface area (Å²) in [6.07, 6.45) is 26.7. The predicted octanol–water partition coefficient (Wildman–Crippen LogP) is 6.13. The fourth-order valence-corrected chi connectivity index (χ4v) is 2.97. The van der Waals surface area contributed by atoms with Crippen molar-refractivity contribution in [3.63, 3.8) is 0 Å². The minimum absolute atomic E-state index is 1.16. The topological polar surface area (TPSA) is 12.4 Å². The van der Waals surface area contributed by atoms with Crippen molar-refractivity contribution in [2.45, 2.75) is 77.0 Å². The minimum Gasteiger partial charge on any atom is -0.261 e. The lowest BCUT2D eigenvalue weighted by Crippen LogP contribution is -2.04. The lowest BCUT2D eigenvalue weighted by molar-refractivity contribution is 0.642. The van der Waals surface area contributed by atoms with Crippen LogP contribution in [0.2, 0.25) is 0 Å². The first-order chi connectivity index (χ1) is 9.97. The molecule has 0 fully saturated rings. The maximum absolute atomic E-state index is 4.77. The third-order valence-corrected chi connectivity index (χ3v) is 4.24. The number of hydrogen-bond acceptors (Lipinski definition) is 1. The van der Waals surface area contributed by atoms with E-state index < -0.39 is 0 Å². The summed E-state index contributed by atoms with van der Waals surface area (Å²) >= 11 is 0. The maximum atomic E-state index is 4.77. The van der Waals surface area contributed by atoms with E-state index in [1.807, 2.05) is 6.20 Å². The lowest BCUT2D eigenvalue weighted by Gasteiger charge is -2.12. The molecule has 0 radical (unpaired) electrons. The van der Waals surface area contributed by atoms with E-state index in [9.17, 15) is 0 Å². The van der Waals surface area contributed by atoms with Crippen molar-refractivity contribution >= 4 is 5.71 Å². The normalized spacial score (nSPS) is 31.2. The highest BCUT2D eigenvalue weighted by Crippen LogP contribution is 2.19.